The number of hydrogen-bond acceptors (Lipinski definition) is 5. The summed E-state index contributed by atoms with van der Waals surface area (Å²) in [6, 6.07) is 14.0. The van der Waals surface area contributed by atoms with Gasteiger partial charge in [0.2, 0.25) is 5.91 Å². The predicted molar refractivity (Wildman–Crippen MR) is 103 cm³/mol. The van der Waals surface area contributed by atoms with Crippen molar-refractivity contribution in [1.82, 2.24) is 0 Å². The summed E-state index contributed by atoms with van der Waals surface area (Å²) in [5.41, 5.74) is 2.28. The molecule has 0 spiro atoms. The van der Waals surface area contributed by atoms with Crippen molar-refractivity contribution in [3.63, 3.8) is 0 Å². The quantitative estimate of drug-likeness (QED) is 0.767. The summed E-state index contributed by atoms with van der Waals surface area (Å²) in [5, 5.41) is 5.59. The van der Waals surface area contributed by atoms with Crippen molar-refractivity contribution in [2.24, 2.45) is 0 Å². The van der Waals surface area contributed by atoms with Crippen molar-refractivity contribution in [3.05, 3.63) is 54.1 Å². The van der Waals surface area contributed by atoms with Gasteiger partial charge in [0.25, 0.3) is 5.91 Å². The molecule has 1 fully saturated rings. The van der Waals surface area contributed by atoms with Crippen LogP contribution < -0.4 is 15.5 Å². The number of anilines is 3. The lowest BCUT2D eigenvalue weighted by Gasteiger charge is -2.16. The summed E-state index contributed by atoms with van der Waals surface area (Å²) in [6.07, 6.45) is 1.38. The number of nitrogens with zero attached hydrogens (tertiary/aromatic N) is 1. The fourth-order valence-electron chi connectivity index (χ4n) is 2.96. The molecule has 0 bridgehead atoms. The molecule has 140 valence electrons. The number of ether oxygens (including phenoxy) is 1. The molecular weight excluding hydrogens is 346 g/mol. The van der Waals surface area contributed by atoms with Crippen molar-refractivity contribution in [2.45, 2.75) is 12.8 Å². The third-order valence-electron chi connectivity index (χ3n) is 4.27. The summed E-state index contributed by atoms with van der Waals surface area (Å²) in [6.45, 7) is 0.280. The molecule has 0 atom stereocenters. The van der Waals surface area contributed by atoms with Crippen LogP contribution in [-0.4, -0.2) is 38.0 Å². The average Bonchev–Trinajstić information content (AvgIpc) is 3.12. The minimum absolute atomic E-state index is 0.0793. The molecule has 0 saturated carbocycles. The smallest absolute Gasteiger partial charge is 0.340 e. The van der Waals surface area contributed by atoms with Crippen LogP contribution >= 0.6 is 0 Å². The Hall–Kier alpha value is -3.35. The number of carbonyl (C=O) groups excluding carboxylic acids is 3. The Balaban J connectivity index is 1.58. The van der Waals surface area contributed by atoms with Gasteiger partial charge in [-0.25, -0.2) is 4.79 Å². The highest BCUT2D eigenvalue weighted by Crippen LogP contribution is 2.24. The number of carbonyl (C=O) groups is 3. The highest BCUT2D eigenvalue weighted by molar-refractivity contribution is 5.99. The van der Waals surface area contributed by atoms with E-state index in [4.69, 9.17) is 4.74 Å². The van der Waals surface area contributed by atoms with E-state index in [1.807, 2.05) is 6.07 Å². The lowest BCUT2D eigenvalue weighted by atomic mass is 10.2. The van der Waals surface area contributed by atoms with Crippen molar-refractivity contribution in [1.29, 1.82) is 0 Å². The third-order valence-corrected chi connectivity index (χ3v) is 4.27. The number of nitrogens with one attached hydrogen (secondary N) is 2. The Morgan fingerprint density at radius 2 is 1.96 bits per heavy atom. The SMILES string of the molecule is CNc1ccccc1C(=O)OCC(=O)Nc1cccc(N2CCCC2=O)c1. The molecule has 2 aromatic rings. The molecule has 7 nitrogen and oxygen atoms in total. The van der Waals surface area contributed by atoms with Crippen LogP contribution in [0.3, 0.4) is 0 Å². The second-order valence-corrected chi connectivity index (χ2v) is 6.12. The fourth-order valence-corrected chi connectivity index (χ4v) is 2.96. The van der Waals surface area contributed by atoms with E-state index in [9.17, 15) is 14.4 Å². The second-order valence-electron chi connectivity index (χ2n) is 6.12. The van der Waals surface area contributed by atoms with Crippen LogP contribution in [-0.2, 0) is 14.3 Å². The molecule has 1 aliphatic rings. The van der Waals surface area contributed by atoms with E-state index in [1.165, 1.54) is 0 Å². The molecule has 0 unspecified atom stereocenters. The largest absolute Gasteiger partial charge is 0.452 e. The molecule has 1 aliphatic heterocycles. The normalized spacial score (nSPS) is 13.4. The van der Waals surface area contributed by atoms with Gasteiger partial charge in [-0.2, -0.15) is 0 Å². The van der Waals surface area contributed by atoms with E-state index >= 15 is 0 Å². The van der Waals surface area contributed by atoms with Gasteiger partial charge in [0.15, 0.2) is 6.61 Å². The lowest BCUT2D eigenvalue weighted by Crippen LogP contribution is -2.24. The van der Waals surface area contributed by atoms with Crippen molar-refractivity contribution in [3.8, 4) is 0 Å². The number of para-hydroxylation sites is 1. The number of hydrogen-bond donors (Lipinski definition) is 2. The van der Waals surface area contributed by atoms with Crippen LogP contribution in [0, 0.1) is 0 Å². The molecule has 1 saturated heterocycles. The Bertz CT molecular complexity index is 866. The minimum atomic E-state index is -0.577. The van der Waals surface area contributed by atoms with Gasteiger partial charge in [-0.1, -0.05) is 18.2 Å². The number of rotatable bonds is 6. The molecule has 0 aromatic heterocycles. The number of benzene rings is 2. The second kappa shape index (κ2) is 8.35. The van der Waals surface area contributed by atoms with Crippen LogP contribution in [0.5, 0.6) is 0 Å². The van der Waals surface area contributed by atoms with Crippen molar-refractivity contribution >= 4 is 34.8 Å². The summed E-state index contributed by atoms with van der Waals surface area (Å²) in [4.78, 5) is 37.8. The van der Waals surface area contributed by atoms with Crippen molar-refractivity contribution < 1.29 is 19.1 Å². The number of esters is 1. The molecule has 3 rings (SSSR count). The van der Waals surface area contributed by atoms with Crippen LogP contribution in [0.1, 0.15) is 23.2 Å². The molecule has 0 aliphatic carbocycles. The molecule has 7 heteroatoms. The first-order chi connectivity index (χ1) is 13.1. The first-order valence-electron chi connectivity index (χ1n) is 8.72. The van der Waals surface area contributed by atoms with Crippen LogP contribution in [0.15, 0.2) is 48.5 Å². The van der Waals surface area contributed by atoms with E-state index in [0.717, 1.165) is 12.1 Å². The van der Waals surface area contributed by atoms with Crippen LogP contribution in [0.25, 0.3) is 0 Å². The van der Waals surface area contributed by atoms with Gasteiger partial charge < -0.3 is 20.3 Å². The zero-order chi connectivity index (χ0) is 19.2. The van der Waals surface area contributed by atoms with Gasteiger partial charge in [-0.15, -0.1) is 0 Å². The Morgan fingerprint density at radius 3 is 2.70 bits per heavy atom. The first-order valence-corrected chi connectivity index (χ1v) is 8.72. The van der Waals surface area contributed by atoms with E-state index in [1.54, 1.807) is 54.4 Å². The maximum atomic E-state index is 12.2. The van der Waals surface area contributed by atoms with Gasteiger partial charge in [0.05, 0.1) is 5.56 Å². The maximum absolute atomic E-state index is 12.2. The van der Waals surface area contributed by atoms with Gasteiger partial charge in [0, 0.05) is 37.1 Å². The Labute approximate surface area is 157 Å². The van der Waals surface area contributed by atoms with Crippen LogP contribution in [0.2, 0.25) is 0 Å². The minimum Gasteiger partial charge on any atom is -0.452 e. The van der Waals surface area contributed by atoms with Gasteiger partial charge in [-0.3, -0.25) is 9.59 Å². The van der Waals surface area contributed by atoms with E-state index in [2.05, 4.69) is 10.6 Å². The predicted octanol–water partition coefficient (Wildman–Crippen LogP) is 2.65. The molecular formula is C20H21N3O4. The Morgan fingerprint density at radius 1 is 1.15 bits per heavy atom. The average molecular weight is 367 g/mol. The summed E-state index contributed by atoms with van der Waals surface area (Å²) in [5.74, 6) is -0.947. The van der Waals surface area contributed by atoms with E-state index in [0.29, 0.717) is 29.9 Å². The molecule has 1 heterocycles. The summed E-state index contributed by atoms with van der Waals surface area (Å²) < 4.78 is 5.10. The maximum Gasteiger partial charge on any atom is 0.340 e. The van der Waals surface area contributed by atoms with E-state index in [-0.39, 0.29) is 5.91 Å². The molecule has 2 aromatic carbocycles. The molecule has 2 N–H and O–H groups in total. The van der Waals surface area contributed by atoms with Gasteiger partial charge in [0.1, 0.15) is 0 Å². The standard InChI is InChI=1S/C20H21N3O4/c1-21-17-9-3-2-8-16(17)20(26)27-13-18(24)22-14-6-4-7-15(12-14)23-11-5-10-19(23)25/h2-4,6-9,12,21H,5,10-11,13H2,1H3,(H,22,24). The lowest BCUT2D eigenvalue weighted by molar-refractivity contribution is -0.119. The summed E-state index contributed by atoms with van der Waals surface area (Å²) in [7, 11) is 1.71. The van der Waals surface area contributed by atoms with Gasteiger partial charge >= 0.3 is 5.97 Å². The van der Waals surface area contributed by atoms with E-state index < -0.39 is 18.5 Å². The first kappa shape index (κ1) is 18.4. The van der Waals surface area contributed by atoms with Gasteiger partial charge in [-0.05, 0) is 36.8 Å². The highest BCUT2D eigenvalue weighted by Gasteiger charge is 2.22. The molecule has 0 radical (unpaired) electrons. The summed E-state index contributed by atoms with van der Waals surface area (Å²) >= 11 is 0. The monoisotopic (exact) mass is 367 g/mol. The topological polar surface area (TPSA) is 87.7 Å². The van der Waals surface area contributed by atoms with Crippen molar-refractivity contribution in [2.75, 3.05) is 35.7 Å². The highest BCUT2D eigenvalue weighted by atomic mass is 16.5. The zero-order valence-corrected chi connectivity index (χ0v) is 15.0. The fraction of sp³-hybridized carbons (Fsp3) is 0.250. The zero-order valence-electron chi connectivity index (χ0n) is 15.0. The van der Waals surface area contributed by atoms with Crippen LogP contribution in [0.4, 0.5) is 17.1 Å². The Kier molecular flexibility index (Phi) is 5.71. The molecule has 2 amide bonds. The number of amides is 2. The third kappa shape index (κ3) is 4.44. The molecule has 27 heavy (non-hydrogen) atoms.